The molecular weight excluding hydrogens is 326 g/mol. The van der Waals surface area contributed by atoms with E-state index in [-0.39, 0.29) is 11.7 Å². The average Bonchev–Trinajstić information content (AvgIpc) is 2.91. The molecule has 0 unspecified atom stereocenters. The molecule has 1 aromatic carbocycles. The van der Waals surface area contributed by atoms with E-state index in [1.54, 1.807) is 0 Å². The summed E-state index contributed by atoms with van der Waals surface area (Å²) in [4.78, 5) is 18.0. The predicted octanol–water partition coefficient (Wildman–Crippen LogP) is 3.11. The van der Waals surface area contributed by atoms with Crippen molar-refractivity contribution >= 4 is 22.6 Å². The molecule has 0 amide bonds. The lowest BCUT2D eigenvalue weighted by Gasteiger charge is -2.39. The van der Waals surface area contributed by atoms with Crippen LogP contribution in [-0.4, -0.2) is 46.8 Å². The number of benzene rings is 1. The molecule has 24 heavy (non-hydrogen) atoms. The lowest BCUT2D eigenvalue weighted by molar-refractivity contribution is 0.0220. The van der Waals surface area contributed by atoms with Gasteiger partial charge in [0.25, 0.3) is 0 Å². The Labute approximate surface area is 146 Å². The van der Waals surface area contributed by atoms with Crippen LogP contribution >= 0.6 is 11.6 Å². The van der Waals surface area contributed by atoms with Gasteiger partial charge in [-0.1, -0.05) is 11.6 Å². The van der Waals surface area contributed by atoms with Gasteiger partial charge in [0.05, 0.1) is 11.0 Å². The quantitative estimate of drug-likeness (QED) is 0.906. The summed E-state index contributed by atoms with van der Waals surface area (Å²) in [6, 6.07) is 4.79. The van der Waals surface area contributed by atoms with Gasteiger partial charge in [0.15, 0.2) is 0 Å². The summed E-state index contributed by atoms with van der Waals surface area (Å²) in [6.07, 6.45) is 4.28. The van der Waals surface area contributed by atoms with E-state index < -0.39 is 0 Å². The Balaban J connectivity index is 1.55. The fourth-order valence-electron chi connectivity index (χ4n) is 4.18. The second-order valence-corrected chi connectivity index (χ2v) is 7.44. The van der Waals surface area contributed by atoms with Crippen LogP contribution in [0.4, 0.5) is 0 Å². The van der Waals surface area contributed by atoms with Gasteiger partial charge < -0.3 is 14.6 Å². The molecule has 3 heterocycles. The molecule has 1 aromatic heterocycles. The number of hydrogen-bond donors (Lipinski definition) is 1. The number of hydrogen-bond acceptors (Lipinski definition) is 3. The zero-order valence-electron chi connectivity index (χ0n) is 14.1. The number of ether oxygens (including phenoxy) is 1. The summed E-state index contributed by atoms with van der Waals surface area (Å²) in [5.41, 5.74) is 2.79. The van der Waals surface area contributed by atoms with Gasteiger partial charge in [-0.15, -0.1) is 0 Å². The van der Waals surface area contributed by atoms with E-state index >= 15 is 0 Å². The summed E-state index contributed by atoms with van der Waals surface area (Å²) in [6.45, 7) is 5.82. The molecule has 2 aliphatic heterocycles. The lowest BCUT2D eigenvalue weighted by Crippen LogP contribution is -2.45. The highest BCUT2D eigenvalue weighted by Crippen LogP contribution is 2.29. The normalized spacial score (nSPS) is 21.6. The highest BCUT2D eigenvalue weighted by molar-refractivity contribution is 6.32. The number of H-pyrrole nitrogens is 1. The number of aromatic amines is 1. The van der Waals surface area contributed by atoms with Crippen LogP contribution in [0.1, 0.15) is 37.3 Å². The van der Waals surface area contributed by atoms with Gasteiger partial charge in [-0.25, -0.2) is 4.79 Å². The average molecular weight is 350 g/mol. The Hall–Kier alpha value is -1.30. The van der Waals surface area contributed by atoms with Gasteiger partial charge in [-0.3, -0.25) is 4.57 Å². The fraction of sp³-hybridized carbons (Fsp3) is 0.611. The van der Waals surface area contributed by atoms with Crippen molar-refractivity contribution in [3.05, 3.63) is 33.2 Å². The largest absolute Gasteiger partial charge is 0.381 e. The van der Waals surface area contributed by atoms with Crippen molar-refractivity contribution in [2.24, 2.45) is 0 Å². The van der Waals surface area contributed by atoms with E-state index in [4.69, 9.17) is 16.3 Å². The molecule has 2 saturated heterocycles. The second kappa shape index (κ2) is 6.54. The number of fused-ring (bicyclic) bond motifs is 1. The Morgan fingerprint density at radius 3 is 2.54 bits per heavy atom. The van der Waals surface area contributed by atoms with Crippen LogP contribution in [0, 0.1) is 6.92 Å². The maximum atomic E-state index is 12.5. The van der Waals surface area contributed by atoms with Gasteiger partial charge in [-0.05, 0) is 50.3 Å². The van der Waals surface area contributed by atoms with E-state index in [9.17, 15) is 4.79 Å². The Morgan fingerprint density at radius 1 is 1.12 bits per heavy atom. The third kappa shape index (κ3) is 2.89. The fourth-order valence-corrected chi connectivity index (χ4v) is 4.34. The molecule has 1 N–H and O–H groups in total. The molecule has 4 rings (SSSR count). The van der Waals surface area contributed by atoms with Crippen molar-refractivity contribution < 1.29 is 4.74 Å². The molecule has 0 aliphatic carbocycles. The molecule has 5 nitrogen and oxygen atoms in total. The molecule has 0 saturated carbocycles. The molecule has 130 valence electrons. The van der Waals surface area contributed by atoms with Crippen molar-refractivity contribution in [1.29, 1.82) is 0 Å². The standard InChI is InChI=1S/C18H24ClN3O2/c1-12-10-16-17(11-15(12)19)22(18(23)20-16)14-2-6-21(7-3-14)13-4-8-24-9-5-13/h10-11,13-14H,2-9H2,1H3,(H,20,23). The van der Waals surface area contributed by atoms with E-state index in [0.717, 1.165) is 73.6 Å². The molecule has 6 heteroatoms. The van der Waals surface area contributed by atoms with E-state index in [1.165, 1.54) is 0 Å². The first-order chi connectivity index (χ1) is 11.6. The van der Waals surface area contributed by atoms with Gasteiger partial charge in [0.2, 0.25) is 0 Å². The number of rotatable bonds is 2. The van der Waals surface area contributed by atoms with Crippen LogP contribution in [0.3, 0.4) is 0 Å². The first-order valence-corrected chi connectivity index (χ1v) is 9.23. The van der Waals surface area contributed by atoms with Crippen LogP contribution in [0.25, 0.3) is 11.0 Å². The summed E-state index contributed by atoms with van der Waals surface area (Å²) < 4.78 is 7.39. The van der Waals surface area contributed by atoms with Crippen molar-refractivity contribution in [1.82, 2.24) is 14.5 Å². The number of imidazole rings is 1. The first-order valence-electron chi connectivity index (χ1n) is 8.85. The van der Waals surface area contributed by atoms with Crippen LogP contribution in [0.15, 0.2) is 16.9 Å². The van der Waals surface area contributed by atoms with Crippen molar-refractivity contribution in [3.8, 4) is 0 Å². The van der Waals surface area contributed by atoms with Crippen molar-refractivity contribution in [3.63, 3.8) is 0 Å². The minimum Gasteiger partial charge on any atom is -0.381 e. The number of piperidine rings is 1. The van der Waals surface area contributed by atoms with Crippen molar-refractivity contribution in [2.75, 3.05) is 26.3 Å². The second-order valence-electron chi connectivity index (χ2n) is 7.03. The molecule has 0 radical (unpaired) electrons. The van der Waals surface area contributed by atoms with E-state index in [2.05, 4.69) is 9.88 Å². The van der Waals surface area contributed by atoms with Gasteiger partial charge in [-0.2, -0.15) is 0 Å². The minimum absolute atomic E-state index is 0.0174. The Morgan fingerprint density at radius 2 is 1.83 bits per heavy atom. The number of halogens is 1. The van der Waals surface area contributed by atoms with Gasteiger partial charge >= 0.3 is 5.69 Å². The third-order valence-electron chi connectivity index (χ3n) is 5.57. The van der Waals surface area contributed by atoms with Gasteiger partial charge in [0.1, 0.15) is 0 Å². The summed E-state index contributed by atoms with van der Waals surface area (Å²) in [7, 11) is 0. The molecule has 2 aromatic rings. The number of nitrogens with zero attached hydrogens (tertiary/aromatic N) is 2. The number of aromatic nitrogens is 2. The molecule has 2 aliphatic rings. The highest BCUT2D eigenvalue weighted by Gasteiger charge is 2.28. The van der Waals surface area contributed by atoms with Crippen LogP contribution in [0.2, 0.25) is 5.02 Å². The molecular formula is C18H24ClN3O2. The van der Waals surface area contributed by atoms with Crippen LogP contribution in [-0.2, 0) is 4.74 Å². The summed E-state index contributed by atoms with van der Waals surface area (Å²) >= 11 is 6.28. The number of aryl methyl sites for hydroxylation is 1. The number of likely N-dealkylation sites (tertiary alicyclic amines) is 1. The smallest absolute Gasteiger partial charge is 0.326 e. The van der Waals surface area contributed by atoms with Crippen LogP contribution in [0.5, 0.6) is 0 Å². The maximum Gasteiger partial charge on any atom is 0.326 e. The maximum absolute atomic E-state index is 12.5. The van der Waals surface area contributed by atoms with E-state index in [1.807, 2.05) is 23.6 Å². The first kappa shape index (κ1) is 16.2. The van der Waals surface area contributed by atoms with E-state index in [0.29, 0.717) is 6.04 Å². The van der Waals surface area contributed by atoms with Crippen LogP contribution < -0.4 is 5.69 Å². The number of nitrogens with one attached hydrogen (secondary N) is 1. The minimum atomic E-state index is -0.0174. The SMILES string of the molecule is Cc1cc2[nH]c(=O)n(C3CCN(C4CCOCC4)CC3)c2cc1Cl. The lowest BCUT2D eigenvalue weighted by atomic mass is 9.99. The third-order valence-corrected chi connectivity index (χ3v) is 5.98. The summed E-state index contributed by atoms with van der Waals surface area (Å²) in [5, 5.41) is 0.717. The zero-order chi connectivity index (χ0) is 16.7. The zero-order valence-corrected chi connectivity index (χ0v) is 14.8. The van der Waals surface area contributed by atoms with Gasteiger partial charge in [0, 0.05) is 43.4 Å². The Kier molecular flexibility index (Phi) is 4.41. The predicted molar refractivity (Wildman–Crippen MR) is 96.0 cm³/mol. The highest BCUT2D eigenvalue weighted by atomic mass is 35.5. The molecule has 2 fully saturated rings. The molecule has 0 bridgehead atoms. The molecule has 0 atom stereocenters. The Bertz CT molecular complexity index is 783. The topological polar surface area (TPSA) is 50.3 Å². The van der Waals surface area contributed by atoms with Crippen molar-refractivity contribution in [2.45, 2.75) is 44.7 Å². The molecule has 0 spiro atoms. The summed E-state index contributed by atoms with van der Waals surface area (Å²) in [5.74, 6) is 0. The monoisotopic (exact) mass is 349 g/mol.